The molecule has 0 saturated heterocycles. The van der Waals surface area contributed by atoms with E-state index in [2.05, 4.69) is 57.8 Å². The summed E-state index contributed by atoms with van der Waals surface area (Å²) in [5, 5.41) is 1.31. The van der Waals surface area contributed by atoms with E-state index in [1.165, 1.54) is 22.1 Å². The summed E-state index contributed by atoms with van der Waals surface area (Å²) in [7, 11) is 0. The average Bonchev–Trinajstić information content (AvgIpc) is 2.19. The molecule has 1 aromatic carbocycles. The molecule has 0 amide bonds. The van der Waals surface area contributed by atoms with Gasteiger partial charge in [-0.3, -0.25) is 4.98 Å². The molecule has 1 heterocycles. The van der Waals surface area contributed by atoms with Crippen LogP contribution in [0.2, 0.25) is 0 Å². The van der Waals surface area contributed by atoms with Crippen LogP contribution in [0.3, 0.4) is 0 Å². The summed E-state index contributed by atoms with van der Waals surface area (Å²) >= 11 is 0. The first-order chi connectivity index (χ1) is 7.49. The van der Waals surface area contributed by atoms with Crippen molar-refractivity contribution >= 4 is 10.9 Å². The van der Waals surface area contributed by atoms with Crippen LogP contribution in [0.25, 0.3) is 10.9 Å². The van der Waals surface area contributed by atoms with Crippen LogP contribution < -0.4 is 0 Å². The number of hydrogen-bond acceptors (Lipinski definition) is 1. The standard InChI is InChI=1S/C15H19N/c1-9(2)13-8-12(5)16-15-7-11(4)10(3)6-14(13)15/h6-9H,1-5H3. The minimum Gasteiger partial charge on any atom is -0.253 e. The Labute approximate surface area is 97.5 Å². The SMILES string of the molecule is Cc1cc(C(C)C)c2cc(C)c(C)cc2n1. The third kappa shape index (κ3) is 1.82. The highest BCUT2D eigenvalue weighted by Crippen LogP contribution is 2.27. The van der Waals surface area contributed by atoms with Crippen LogP contribution in [-0.4, -0.2) is 4.98 Å². The van der Waals surface area contributed by atoms with Crippen LogP contribution in [0.15, 0.2) is 18.2 Å². The molecule has 1 heteroatoms. The van der Waals surface area contributed by atoms with E-state index in [0.29, 0.717) is 5.92 Å². The summed E-state index contributed by atoms with van der Waals surface area (Å²) in [6.45, 7) is 10.9. The first-order valence-corrected chi connectivity index (χ1v) is 5.87. The van der Waals surface area contributed by atoms with E-state index in [9.17, 15) is 0 Å². The number of aromatic nitrogens is 1. The van der Waals surface area contributed by atoms with E-state index < -0.39 is 0 Å². The summed E-state index contributed by atoms with van der Waals surface area (Å²) in [6.07, 6.45) is 0. The predicted octanol–water partition coefficient (Wildman–Crippen LogP) is 4.28. The number of fused-ring (bicyclic) bond motifs is 1. The molecule has 0 radical (unpaired) electrons. The van der Waals surface area contributed by atoms with Crippen LogP contribution in [0.1, 0.15) is 42.1 Å². The van der Waals surface area contributed by atoms with Gasteiger partial charge in [-0.05, 0) is 61.6 Å². The highest BCUT2D eigenvalue weighted by molar-refractivity contribution is 5.84. The molecule has 0 atom stereocenters. The van der Waals surface area contributed by atoms with E-state index in [4.69, 9.17) is 0 Å². The molecule has 0 spiro atoms. The van der Waals surface area contributed by atoms with Gasteiger partial charge >= 0.3 is 0 Å². The van der Waals surface area contributed by atoms with Crippen molar-refractivity contribution < 1.29 is 0 Å². The van der Waals surface area contributed by atoms with Gasteiger partial charge in [0.15, 0.2) is 0 Å². The van der Waals surface area contributed by atoms with Gasteiger partial charge in [-0.1, -0.05) is 13.8 Å². The van der Waals surface area contributed by atoms with Gasteiger partial charge in [0.2, 0.25) is 0 Å². The van der Waals surface area contributed by atoms with Gasteiger partial charge in [0.25, 0.3) is 0 Å². The van der Waals surface area contributed by atoms with Crippen molar-refractivity contribution in [3.8, 4) is 0 Å². The quantitative estimate of drug-likeness (QED) is 0.689. The lowest BCUT2D eigenvalue weighted by Crippen LogP contribution is -1.95. The zero-order valence-corrected chi connectivity index (χ0v) is 10.8. The number of rotatable bonds is 1. The monoisotopic (exact) mass is 213 g/mol. The minimum absolute atomic E-state index is 0.548. The van der Waals surface area contributed by atoms with Crippen molar-refractivity contribution in [3.63, 3.8) is 0 Å². The third-order valence-corrected chi connectivity index (χ3v) is 3.21. The number of pyridine rings is 1. The van der Waals surface area contributed by atoms with Crippen molar-refractivity contribution in [2.75, 3.05) is 0 Å². The van der Waals surface area contributed by atoms with Gasteiger partial charge < -0.3 is 0 Å². The van der Waals surface area contributed by atoms with Crippen molar-refractivity contribution in [3.05, 3.63) is 40.6 Å². The molecule has 1 nitrogen and oxygen atoms in total. The van der Waals surface area contributed by atoms with Gasteiger partial charge in [0.05, 0.1) is 5.52 Å². The molecule has 84 valence electrons. The fourth-order valence-electron chi connectivity index (χ4n) is 2.13. The van der Waals surface area contributed by atoms with Gasteiger partial charge in [0.1, 0.15) is 0 Å². The fourth-order valence-corrected chi connectivity index (χ4v) is 2.13. The van der Waals surface area contributed by atoms with Crippen LogP contribution >= 0.6 is 0 Å². The molecule has 1 aromatic heterocycles. The van der Waals surface area contributed by atoms with Gasteiger partial charge in [-0.25, -0.2) is 0 Å². The third-order valence-electron chi connectivity index (χ3n) is 3.21. The topological polar surface area (TPSA) is 12.9 Å². The van der Waals surface area contributed by atoms with E-state index in [1.54, 1.807) is 0 Å². The maximum absolute atomic E-state index is 4.62. The summed E-state index contributed by atoms with van der Waals surface area (Å²) in [4.78, 5) is 4.62. The Bertz CT molecular complexity index is 539. The van der Waals surface area contributed by atoms with Crippen LogP contribution in [0.5, 0.6) is 0 Å². The molecule has 0 aliphatic heterocycles. The second kappa shape index (κ2) is 3.89. The largest absolute Gasteiger partial charge is 0.253 e. The second-order valence-corrected chi connectivity index (χ2v) is 4.96. The van der Waals surface area contributed by atoms with Crippen molar-refractivity contribution in [2.24, 2.45) is 0 Å². The van der Waals surface area contributed by atoms with Crippen molar-refractivity contribution in [2.45, 2.75) is 40.5 Å². The number of aryl methyl sites for hydroxylation is 3. The molecule has 0 aliphatic carbocycles. The normalized spacial score (nSPS) is 11.4. The molecule has 0 saturated carbocycles. The molecule has 0 fully saturated rings. The maximum atomic E-state index is 4.62. The molecule has 16 heavy (non-hydrogen) atoms. The lowest BCUT2D eigenvalue weighted by Gasteiger charge is -2.12. The van der Waals surface area contributed by atoms with Crippen LogP contribution in [0.4, 0.5) is 0 Å². The molecular weight excluding hydrogens is 194 g/mol. The Hall–Kier alpha value is -1.37. The van der Waals surface area contributed by atoms with Crippen LogP contribution in [0, 0.1) is 20.8 Å². The molecule has 2 rings (SSSR count). The number of benzene rings is 1. The molecule has 0 N–H and O–H groups in total. The van der Waals surface area contributed by atoms with E-state index in [-0.39, 0.29) is 0 Å². The molecule has 0 aliphatic rings. The highest BCUT2D eigenvalue weighted by Gasteiger charge is 2.08. The average molecular weight is 213 g/mol. The Morgan fingerprint density at radius 1 is 0.938 bits per heavy atom. The summed E-state index contributed by atoms with van der Waals surface area (Å²) in [5.41, 5.74) is 6.32. The lowest BCUT2D eigenvalue weighted by molar-refractivity contribution is 0.871. The lowest BCUT2D eigenvalue weighted by atomic mass is 9.95. The van der Waals surface area contributed by atoms with E-state index in [0.717, 1.165) is 11.2 Å². The first kappa shape index (κ1) is 11.1. The van der Waals surface area contributed by atoms with Gasteiger partial charge in [0, 0.05) is 11.1 Å². The predicted molar refractivity (Wildman–Crippen MR) is 70.0 cm³/mol. The van der Waals surface area contributed by atoms with Crippen LogP contribution in [-0.2, 0) is 0 Å². The zero-order chi connectivity index (χ0) is 11.9. The Morgan fingerprint density at radius 3 is 2.19 bits per heavy atom. The Morgan fingerprint density at radius 2 is 1.56 bits per heavy atom. The maximum Gasteiger partial charge on any atom is 0.0710 e. The molecular formula is C15H19N. The zero-order valence-electron chi connectivity index (χ0n) is 10.8. The van der Waals surface area contributed by atoms with Crippen molar-refractivity contribution in [1.29, 1.82) is 0 Å². The van der Waals surface area contributed by atoms with Gasteiger partial charge in [-0.15, -0.1) is 0 Å². The molecule has 0 bridgehead atoms. The van der Waals surface area contributed by atoms with Gasteiger partial charge in [-0.2, -0.15) is 0 Å². The molecule has 0 unspecified atom stereocenters. The van der Waals surface area contributed by atoms with Crippen molar-refractivity contribution in [1.82, 2.24) is 4.98 Å². The Balaban J connectivity index is 2.85. The minimum atomic E-state index is 0.548. The van der Waals surface area contributed by atoms with E-state index in [1.807, 2.05) is 0 Å². The number of hydrogen-bond donors (Lipinski definition) is 0. The second-order valence-electron chi connectivity index (χ2n) is 4.96. The highest BCUT2D eigenvalue weighted by atomic mass is 14.7. The Kier molecular flexibility index (Phi) is 2.71. The smallest absolute Gasteiger partial charge is 0.0710 e. The summed E-state index contributed by atoms with van der Waals surface area (Å²) < 4.78 is 0. The van der Waals surface area contributed by atoms with E-state index >= 15 is 0 Å². The summed E-state index contributed by atoms with van der Waals surface area (Å²) in [5.74, 6) is 0.548. The summed E-state index contributed by atoms with van der Waals surface area (Å²) in [6, 6.07) is 6.68. The molecule has 2 aromatic rings. The number of nitrogens with zero attached hydrogens (tertiary/aromatic N) is 1. The fraction of sp³-hybridized carbons (Fsp3) is 0.400. The first-order valence-electron chi connectivity index (χ1n) is 5.87.